The molecule has 2 N–H and O–H groups in total. The van der Waals surface area contributed by atoms with E-state index in [2.05, 4.69) is 42.3 Å². The Morgan fingerprint density at radius 1 is 1.29 bits per heavy atom. The summed E-state index contributed by atoms with van der Waals surface area (Å²) in [6, 6.07) is 10.9. The number of piperidine rings is 1. The summed E-state index contributed by atoms with van der Waals surface area (Å²) in [5, 5.41) is 0. The molecule has 0 saturated carbocycles. The third kappa shape index (κ3) is 1.97. The van der Waals surface area contributed by atoms with Crippen molar-refractivity contribution in [1.29, 1.82) is 0 Å². The van der Waals surface area contributed by atoms with Crippen LogP contribution in [0.15, 0.2) is 30.3 Å². The molecular formula is C12H18N2. The highest BCUT2D eigenvalue weighted by molar-refractivity contribution is 5.22. The van der Waals surface area contributed by atoms with E-state index >= 15 is 0 Å². The first-order valence-corrected chi connectivity index (χ1v) is 5.26. The third-order valence-electron chi connectivity index (χ3n) is 3.09. The fraction of sp³-hybridized carbons (Fsp3) is 0.500. The standard InChI is InChI=1S/C12H18N2/c1-14-8-7-11(12(13)9-14)10-5-3-2-4-6-10/h2-6,11-12H,7-9,13H2,1H3. The zero-order valence-electron chi connectivity index (χ0n) is 8.69. The molecule has 1 aromatic carbocycles. The van der Waals surface area contributed by atoms with E-state index in [1.54, 1.807) is 0 Å². The fourth-order valence-corrected chi connectivity index (χ4v) is 2.27. The number of nitrogens with zero attached hydrogens (tertiary/aromatic N) is 1. The molecule has 0 aliphatic carbocycles. The second-order valence-electron chi connectivity index (χ2n) is 4.23. The Kier molecular flexibility index (Phi) is 2.85. The van der Waals surface area contributed by atoms with Crippen molar-refractivity contribution < 1.29 is 0 Å². The topological polar surface area (TPSA) is 29.3 Å². The fourth-order valence-electron chi connectivity index (χ4n) is 2.27. The van der Waals surface area contributed by atoms with Gasteiger partial charge in [-0.1, -0.05) is 30.3 Å². The monoisotopic (exact) mass is 190 g/mol. The predicted molar refractivity (Wildman–Crippen MR) is 59.3 cm³/mol. The lowest BCUT2D eigenvalue weighted by atomic mass is 9.86. The van der Waals surface area contributed by atoms with E-state index in [0.717, 1.165) is 13.1 Å². The lowest BCUT2D eigenvalue weighted by Crippen LogP contribution is -2.45. The molecule has 14 heavy (non-hydrogen) atoms. The van der Waals surface area contributed by atoms with Crippen molar-refractivity contribution in [3.05, 3.63) is 35.9 Å². The molecule has 0 spiro atoms. The SMILES string of the molecule is CN1CCC(c2ccccc2)C(N)C1. The highest BCUT2D eigenvalue weighted by Crippen LogP contribution is 2.26. The predicted octanol–water partition coefficient (Wildman–Crippen LogP) is 1.43. The van der Waals surface area contributed by atoms with E-state index in [-0.39, 0.29) is 6.04 Å². The molecule has 0 bridgehead atoms. The number of nitrogens with two attached hydrogens (primary N) is 1. The number of likely N-dealkylation sites (tertiary alicyclic amines) is 1. The summed E-state index contributed by atoms with van der Waals surface area (Å²) in [7, 11) is 2.14. The Bertz CT molecular complexity index is 284. The number of hydrogen-bond donors (Lipinski definition) is 1. The summed E-state index contributed by atoms with van der Waals surface area (Å²) in [6.07, 6.45) is 1.18. The smallest absolute Gasteiger partial charge is 0.0237 e. The van der Waals surface area contributed by atoms with Gasteiger partial charge in [0.25, 0.3) is 0 Å². The second kappa shape index (κ2) is 4.11. The third-order valence-corrected chi connectivity index (χ3v) is 3.09. The van der Waals surface area contributed by atoms with Crippen LogP contribution < -0.4 is 5.73 Å². The van der Waals surface area contributed by atoms with Crippen LogP contribution in [0.2, 0.25) is 0 Å². The van der Waals surface area contributed by atoms with E-state index in [0.29, 0.717) is 5.92 Å². The van der Waals surface area contributed by atoms with Crippen molar-refractivity contribution >= 4 is 0 Å². The average molecular weight is 190 g/mol. The summed E-state index contributed by atoms with van der Waals surface area (Å²) in [6.45, 7) is 2.17. The number of benzene rings is 1. The summed E-state index contributed by atoms with van der Waals surface area (Å²) in [5.41, 5.74) is 7.56. The van der Waals surface area contributed by atoms with Crippen LogP contribution in [0, 0.1) is 0 Å². The van der Waals surface area contributed by atoms with E-state index in [9.17, 15) is 0 Å². The highest BCUT2D eigenvalue weighted by Gasteiger charge is 2.25. The van der Waals surface area contributed by atoms with Crippen LogP contribution >= 0.6 is 0 Å². The summed E-state index contributed by atoms with van der Waals surface area (Å²) >= 11 is 0. The molecule has 0 aromatic heterocycles. The molecule has 2 rings (SSSR count). The van der Waals surface area contributed by atoms with Gasteiger partial charge in [0, 0.05) is 18.5 Å². The van der Waals surface area contributed by atoms with Crippen LogP contribution in [0.4, 0.5) is 0 Å². The molecule has 2 unspecified atom stereocenters. The van der Waals surface area contributed by atoms with Gasteiger partial charge in [0.05, 0.1) is 0 Å². The zero-order valence-corrected chi connectivity index (χ0v) is 8.69. The molecule has 1 fully saturated rings. The molecule has 1 aromatic rings. The zero-order chi connectivity index (χ0) is 9.97. The van der Waals surface area contributed by atoms with Crippen LogP contribution in [0.1, 0.15) is 17.9 Å². The molecule has 1 aliphatic rings. The van der Waals surface area contributed by atoms with E-state index in [1.165, 1.54) is 12.0 Å². The average Bonchev–Trinajstić information content (AvgIpc) is 2.19. The number of hydrogen-bond acceptors (Lipinski definition) is 2. The minimum Gasteiger partial charge on any atom is -0.326 e. The largest absolute Gasteiger partial charge is 0.326 e. The van der Waals surface area contributed by atoms with Crippen molar-refractivity contribution in [1.82, 2.24) is 4.90 Å². The van der Waals surface area contributed by atoms with Crippen molar-refractivity contribution in [2.24, 2.45) is 5.73 Å². The molecule has 1 heterocycles. The molecule has 0 radical (unpaired) electrons. The molecule has 76 valence electrons. The Morgan fingerprint density at radius 3 is 2.64 bits per heavy atom. The Morgan fingerprint density at radius 2 is 2.00 bits per heavy atom. The lowest BCUT2D eigenvalue weighted by molar-refractivity contribution is 0.228. The quantitative estimate of drug-likeness (QED) is 0.726. The lowest BCUT2D eigenvalue weighted by Gasteiger charge is -2.34. The van der Waals surface area contributed by atoms with Gasteiger partial charge in [-0.2, -0.15) is 0 Å². The van der Waals surface area contributed by atoms with Crippen LogP contribution in [-0.2, 0) is 0 Å². The first-order valence-electron chi connectivity index (χ1n) is 5.26. The molecule has 2 nitrogen and oxygen atoms in total. The molecular weight excluding hydrogens is 172 g/mol. The van der Waals surface area contributed by atoms with Gasteiger partial charge in [-0.05, 0) is 25.6 Å². The van der Waals surface area contributed by atoms with Crippen molar-refractivity contribution in [2.45, 2.75) is 18.4 Å². The van der Waals surface area contributed by atoms with Gasteiger partial charge in [-0.15, -0.1) is 0 Å². The maximum Gasteiger partial charge on any atom is 0.0237 e. The van der Waals surface area contributed by atoms with Gasteiger partial charge < -0.3 is 10.6 Å². The molecule has 2 heteroatoms. The highest BCUT2D eigenvalue weighted by atomic mass is 15.1. The minimum absolute atomic E-state index is 0.288. The summed E-state index contributed by atoms with van der Waals surface area (Å²) in [4.78, 5) is 2.31. The van der Waals surface area contributed by atoms with E-state index < -0.39 is 0 Å². The first kappa shape index (κ1) is 9.69. The maximum atomic E-state index is 6.16. The molecule has 0 amide bonds. The van der Waals surface area contributed by atoms with Gasteiger partial charge in [0.1, 0.15) is 0 Å². The van der Waals surface area contributed by atoms with Gasteiger partial charge in [0.15, 0.2) is 0 Å². The van der Waals surface area contributed by atoms with Crippen molar-refractivity contribution in [3.8, 4) is 0 Å². The Hall–Kier alpha value is -0.860. The van der Waals surface area contributed by atoms with Gasteiger partial charge in [-0.25, -0.2) is 0 Å². The Balaban J connectivity index is 2.12. The molecule has 2 atom stereocenters. The molecule has 1 aliphatic heterocycles. The van der Waals surface area contributed by atoms with Crippen LogP contribution in [0.5, 0.6) is 0 Å². The number of rotatable bonds is 1. The van der Waals surface area contributed by atoms with Crippen LogP contribution in [-0.4, -0.2) is 31.1 Å². The van der Waals surface area contributed by atoms with Crippen LogP contribution in [0.3, 0.4) is 0 Å². The van der Waals surface area contributed by atoms with E-state index in [1.807, 2.05) is 0 Å². The minimum atomic E-state index is 0.288. The van der Waals surface area contributed by atoms with Gasteiger partial charge >= 0.3 is 0 Å². The van der Waals surface area contributed by atoms with E-state index in [4.69, 9.17) is 5.73 Å². The van der Waals surface area contributed by atoms with Crippen molar-refractivity contribution in [2.75, 3.05) is 20.1 Å². The summed E-state index contributed by atoms with van der Waals surface area (Å²) in [5.74, 6) is 0.549. The normalized spacial score (nSPS) is 29.0. The summed E-state index contributed by atoms with van der Waals surface area (Å²) < 4.78 is 0. The van der Waals surface area contributed by atoms with Gasteiger partial charge in [-0.3, -0.25) is 0 Å². The molecule has 1 saturated heterocycles. The van der Waals surface area contributed by atoms with Crippen LogP contribution in [0.25, 0.3) is 0 Å². The van der Waals surface area contributed by atoms with Gasteiger partial charge in [0.2, 0.25) is 0 Å². The first-order chi connectivity index (χ1) is 6.77. The Labute approximate surface area is 85.7 Å². The van der Waals surface area contributed by atoms with Crippen molar-refractivity contribution in [3.63, 3.8) is 0 Å². The number of likely N-dealkylation sites (N-methyl/N-ethyl adjacent to an activating group) is 1. The second-order valence-corrected chi connectivity index (χ2v) is 4.23. The maximum absolute atomic E-state index is 6.16.